The highest BCUT2D eigenvalue weighted by Crippen LogP contribution is 2.20. The largest absolute Gasteiger partial charge is 0.449 e. The molecule has 3 aromatic rings. The maximum Gasteiger partial charge on any atom is 0.407 e. The minimum absolute atomic E-state index is 0.0744. The van der Waals surface area contributed by atoms with E-state index in [1.54, 1.807) is 6.92 Å². The van der Waals surface area contributed by atoms with E-state index in [9.17, 15) is 19.2 Å². The molecule has 40 heavy (non-hydrogen) atoms. The number of carbonyl (C=O) groups is 4. The van der Waals surface area contributed by atoms with Crippen LogP contribution in [0.4, 0.5) is 4.79 Å². The van der Waals surface area contributed by atoms with Crippen molar-refractivity contribution in [1.29, 1.82) is 0 Å². The standard InChI is InChI=1S/C31H38N4O5/c1-4-28(36)34-35-30(38)26(19-21(2)3)32-29(37)27(20-24-15-10-14-23-13-8-9-16-25(23)24)33-31(39)40-18-17-22-11-6-5-7-12-22/h5-16,21,26-27H,4,17-20H2,1-3H3,(H,32,37)(H,33,39)(H,34,36)(H,35,38)/t26-,27-/m0/s1. The predicted octanol–water partition coefficient (Wildman–Crippen LogP) is 3.81. The smallest absolute Gasteiger partial charge is 0.407 e. The van der Waals surface area contributed by atoms with Gasteiger partial charge in [0.05, 0.1) is 6.61 Å². The fourth-order valence-electron chi connectivity index (χ4n) is 4.27. The molecule has 0 fully saturated rings. The van der Waals surface area contributed by atoms with Crippen LogP contribution >= 0.6 is 0 Å². The lowest BCUT2D eigenvalue weighted by molar-refractivity contribution is -0.133. The Bertz CT molecular complexity index is 1290. The zero-order valence-corrected chi connectivity index (χ0v) is 23.2. The van der Waals surface area contributed by atoms with Gasteiger partial charge in [-0.2, -0.15) is 0 Å². The first-order valence-corrected chi connectivity index (χ1v) is 13.6. The number of hydrazine groups is 1. The Morgan fingerprint density at radius 2 is 1.48 bits per heavy atom. The van der Waals surface area contributed by atoms with Gasteiger partial charge in [-0.05, 0) is 34.2 Å². The van der Waals surface area contributed by atoms with Gasteiger partial charge in [-0.3, -0.25) is 25.2 Å². The Hall–Kier alpha value is -4.40. The van der Waals surface area contributed by atoms with Crippen molar-refractivity contribution in [2.45, 2.75) is 58.5 Å². The number of nitrogens with one attached hydrogen (secondary N) is 4. The minimum atomic E-state index is -1.01. The summed E-state index contributed by atoms with van der Waals surface area (Å²) in [5, 5.41) is 7.44. The van der Waals surface area contributed by atoms with Crippen LogP contribution in [0.2, 0.25) is 0 Å². The molecule has 0 spiro atoms. The van der Waals surface area contributed by atoms with Gasteiger partial charge in [0.25, 0.3) is 5.91 Å². The monoisotopic (exact) mass is 546 g/mol. The van der Waals surface area contributed by atoms with Crippen LogP contribution in [0, 0.1) is 5.92 Å². The van der Waals surface area contributed by atoms with Crippen molar-refractivity contribution in [1.82, 2.24) is 21.5 Å². The third-order valence-electron chi connectivity index (χ3n) is 6.37. The molecular formula is C31H38N4O5. The van der Waals surface area contributed by atoms with Crippen LogP contribution in [0.3, 0.4) is 0 Å². The maximum atomic E-state index is 13.6. The first-order chi connectivity index (χ1) is 19.3. The molecule has 9 nitrogen and oxygen atoms in total. The lowest BCUT2D eigenvalue weighted by Gasteiger charge is -2.24. The number of hydrogen-bond donors (Lipinski definition) is 4. The average Bonchev–Trinajstić information content (AvgIpc) is 2.95. The molecule has 0 bridgehead atoms. The van der Waals surface area contributed by atoms with Gasteiger partial charge >= 0.3 is 6.09 Å². The minimum Gasteiger partial charge on any atom is -0.449 e. The number of rotatable bonds is 12. The second-order valence-corrected chi connectivity index (χ2v) is 9.99. The van der Waals surface area contributed by atoms with E-state index in [1.165, 1.54) is 0 Å². The van der Waals surface area contributed by atoms with E-state index >= 15 is 0 Å². The second-order valence-electron chi connectivity index (χ2n) is 9.99. The molecule has 0 saturated heterocycles. The topological polar surface area (TPSA) is 126 Å². The Morgan fingerprint density at radius 1 is 0.775 bits per heavy atom. The predicted molar refractivity (Wildman–Crippen MR) is 154 cm³/mol. The van der Waals surface area contributed by atoms with E-state index < -0.39 is 30.0 Å². The molecule has 0 aliphatic heterocycles. The molecular weight excluding hydrogens is 508 g/mol. The highest BCUT2D eigenvalue weighted by molar-refractivity contribution is 5.93. The van der Waals surface area contributed by atoms with Gasteiger partial charge in [0.1, 0.15) is 12.1 Å². The molecule has 0 radical (unpaired) electrons. The summed E-state index contributed by atoms with van der Waals surface area (Å²) in [4.78, 5) is 50.8. The van der Waals surface area contributed by atoms with Gasteiger partial charge in [0, 0.05) is 19.3 Å². The van der Waals surface area contributed by atoms with Gasteiger partial charge in [-0.15, -0.1) is 0 Å². The van der Waals surface area contributed by atoms with Crippen LogP contribution in [0.15, 0.2) is 72.8 Å². The zero-order valence-electron chi connectivity index (χ0n) is 23.2. The Balaban J connectivity index is 1.76. The second kappa shape index (κ2) is 15.3. The number of alkyl carbamates (subject to hydrolysis) is 1. The first-order valence-electron chi connectivity index (χ1n) is 13.6. The van der Waals surface area contributed by atoms with Crippen LogP contribution in [0.1, 0.15) is 44.7 Å². The van der Waals surface area contributed by atoms with E-state index in [0.717, 1.165) is 21.9 Å². The molecule has 9 heteroatoms. The molecule has 4 amide bonds. The van der Waals surface area contributed by atoms with Crippen molar-refractivity contribution in [2.24, 2.45) is 5.92 Å². The van der Waals surface area contributed by atoms with Gasteiger partial charge < -0.3 is 15.4 Å². The van der Waals surface area contributed by atoms with Crippen molar-refractivity contribution in [2.75, 3.05) is 6.61 Å². The number of ether oxygens (including phenoxy) is 1. The van der Waals surface area contributed by atoms with E-state index in [1.807, 2.05) is 86.6 Å². The summed E-state index contributed by atoms with van der Waals surface area (Å²) < 4.78 is 5.39. The lowest BCUT2D eigenvalue weighted by atomic mass is 9.97. The summed E-state index contributed by atoms with van der Waals surface area (Å²) in [7, 11) is 0. The van der Waals surface area contributed by atoms with E-state index in [0.29, 0.717) is 12.8 Å². The fraction of sp³-hybridized carbons (Fsp3) is 0.355. The molecule has 0 aliphatic carbocycles. The van der Waals surface area contributed by atoms with Gasteiger partial charge in [-0.25, -0.2) is 4.79 Å². The molecule has 0 aliphatic rings. The van der Waals surface area contributed by atoms with E-state index in [-0.39, 0.29) is 31.3 Å². The number of carbonyl (C=O) groups excluding carboxylic acids is 4. The summed E-state index contributed by atoms with van der Waals surface area (Å²) in [5.41, 5.74) is 6.60. The number of hydrogen-bond acceptors (Lipinski definition) is 5. The fourth-order valence-corrected chi connectivity index (χ4v) is 4.27. The van der Waals surface area contributed by atoms with Crippen LogP contribution in [0.25, 0.3) is 10.8 Å². The van der Waals surface area contributed by atoms with E-state index in [4.69, 9.17) is 4.74 Å². The Morgan fingerprint density at radius 3 is 2.20 bits per heavy atom. The number of amides is 4. The summed E-state index contributed by atoms with van der Waals surface area (Å²) >= 11 is 0. The summed E-state index contributed by atoms with van der Waals surface area (Å²) in [6.45, 7) is 5.66. The number of fused-ring (bicyclic) bond motifs is 1. The number of benzene rings is 3. The van der Waals surface area contributed by atoms with Crippen molar-refractivity contribution in [3.63, 3.8) is 0 Å². The molecule has 0 heterocycles. The molecule has 0 aromatic heterocycles. The van der Waals surface area contributed by atoms with Crippen LogP contribution in [0.5, 0.6) is 0 Å². The van der Waals surface area contributed by atoms with Gasteiger partial charge in [0.2, 0.25) is 11.8 Å². The molecule has 0 saturated carbocycles. The van der Waals surface area contributed by atoms with Crippen molar-refractivity contribution in [3.8, 4) is 0 Å². The lowest BCUT2D eigenvalue weighted by Crippen LogP contribution is -2.57. The van der Waals surface area contributed by atoms with Crippen molar-refractivity contribution in [3.05, 3.63) is 83.9 Å². The highest BCUT2D eigenvalue weighted by atomic mass is 16.5. The molecule has 3 rings (SSSR count). The SMILES string of the molecule is CCC(=O)NNC(=O)[C@H](CC(C)C)NC(=O)[C@H](Cc1cccc2ccccc12)NC(=O)OCCc1ccccc1. The zero-order chi connectivity index (χ0) is 28.9. The van der Waals surface area contributed by atoms with Crippen LogP contribution in [-0.4, -0.2) is 42.5 Å². The molecule has 4 N–H and O–H groups in total. The Labute approximate surface area is 235 Å². The average molecular weight is 547 g/mol. The molecule has 3 aromatic carbocycles. The first kappa shape index (κ1) is 30.1. The van der Waals surface area contributed by atoms with Gasteiger partial charge in [-0.1, -0.05) is 93.6 Å². The summed E-state index contributed by atoms with van der Waals surface area (Å²) in [6, 6.07) is 21.3. The van der Waals surface area contributed by atoms with Crippen LogP contribution < -0.4 is 21.5 Å². The Kier molecular flexibility index (Phi) is 11.5. The van der Waals surface area contributed by atoms with E-state index in [2.05, 4.69) is 21.5 Å². The molecule has 0 unspecified atom stereocenters. The quantitative estimate of drug-likeness (QED) is 0.257. The highest BCUT2D eigenvalue weighted by Gasteiger charge is 2.28. The van der Waals surface area contributed by atoms with Crippen LogP contribution in [-0.2, 0) is 32.0 Å². The third-order valence-corrected chi connectivity index (χ3v) is 6.37. The summed E-state index contributed by atoms with van der Waals surface area (Å²) in [5.74, 6) is -1.35. The normalized spacial score (nSPS) is 12.3. The van der Waals surface area contributed by atoms with Crippen molar-refractivity contribution < 1.29 is 23.9 Å². The maximum absolute atomic E-state index is 13.6. The van der Waals surface area contributed by atoms with Gasteiger partial charge in [0.15, 0.2) is 0 Å². The van der Waals surface area contributed by atoms with Crippen molar-refractivity contribution >= 4 is 34.6 Å². The molecule has 212 valence electrons. The third kappa shape index (κ3) is 9.41. The summed E-state index contributed by atoms with van der Waals surface area (Å²) in [6.07, 6.45) is 0.529. The molecule has 2 atom stereocenters.